The molecule has 3 aliphatic heterocycles. The standard InChI is InChI=1S/C30H30N6O4/c1-32-12-6-16-40-21-8-5-7-20(17-21)26-30(23-9-3-4-10-24(23)35(29(30)39)19-25(32)37)11-13-34(26)28(38)22-18-31-36-15-14-33(2)27(22)36/h3-5,7-10,14-15,17-18,26H,6,11-13,16,19H2,1-2H3/t26-,30+/m0/s1. The Morgan fingerprint density at radius 3 is 2.77 bits per heavy atom. The number of benzene rings is 2. The number of aryl methyl sites for hydroxylation is 1. The Morgan fingerprint density at radius 2 is 1.90 bits per heavy atom. The third-order valence-corrected chi connectivity index (χ3v) is 8.65. The van der Waals surface area contributed by atoms with E-state index >= 15 is 0 Å². The molecule has 4 bridgehead atoms. The van der Waals surface area contributed by atoms with Crippen molar-refractivity contribution in [2.75, 3.05) is 38.2 Å². The molecule has 0 saturated carbocycles. The molecule has 3 amide bonds. The number of para-hydroxylation sites is 1. The molecule has 4 aromatic rings. The molecule has 1 fully saturated rings. The number of ether oxygens (including phenoxy) is 1. The molecular formula is C30H30N6O4. The zero-order valence-corrected chi connectivity index (χ0v) is 22.5. The quantitative estimate of drug-likeness (QED) is 0.372. The highest BCUT2D eigenvalue weighted by Crippen LogP contribution is 2.57. The number of hydrogen-bond acceptors (Lipinski definition) is 5. The van der Waals surface area contributed by atoms with Crippen molar-refractivity contribution in [3.05, 3.63) is 83.8 Å². The molecule has 204 valence electrons. The number of nitrogens with zero attached hydrogens (tertiary/aromatic N) is 6. The van der Waals surface area contributed by atoms with Gasteiger partial charge in [-0.3, -0.25) is 14.4 Å². The van der Waals surface area contributed by atoms with Gasteiger partial charge in [-0.25, -0.2) is 4.52 Å². The van der Waals surface area contributed by atoms with Gasteiger partial charge in [-0.05, 0) is 42.2 Å². The SMILES string of the molecule is CN1CCCOc2cccc(c2)[C@@H]2N(C(=O)c3cnn4ccn(C)c34)CC[C@]23C(=O)N(CC1=O)c1ccccc13. The van der Waals surface area contributed by atoms with E-state index < -0.39 is 11.5 Å². The van der Waals surface area contributed by atoms with Gasteiger partial charge in [-0.1, -0.05) is 30.3 Å². The van der Waals surface area contributed by atoms with Crippen molar-refractivity contribution < 1.29 is 19.1 Å². The van der Waals surface area contributed by atoms with Gasteiger partial charge in [0.05, 0.1) is 18.8 Å². The molecule has 0 radical (unpaired) electrons. The summed E-state index contributed by atoms with van der Waals surface area (Å²) in [5.74, 6) is 0.192. The maximum atomic E-state index is 14.6. The van der Waals surface area contributed by atoms with Crippen molar-refractivity contribution in [3.63, 3.8) is 0 Å². The molecule has 0 unspecified atom stereocenters. The predicted molar refractivity (Wildman–Crippen MR) is 147 cm³/mol. The minimum absolute atomic E-state index is 0.0525. The number of hydrogen-bond donors (Lipinski definition) is 0. The fraction of sp³-hybridized carbons (Fsp3) is 0.333. The van der Waals surface area contributed by atoms with Crippen LogP contribution in [0.25, 0.3) is 5.65 Å². The van der Waals surface area contributed by atoms with Crippen LogP contribution in [0.4, 0.5) is 5.69 Å². The molecule has 10 heteroatoms. The van der Waals surface area contributed by atoms with Crippen LogP contribution in [0.2, 0.25) is 0 Å². The topological polar surface area (TPSA) is 92.4 Å². The van der Waals surface area contributed by atoms with E-state index in [0.717, 1.165) is 16.8 Å². The summed E-state index contributed by atoms with van der Waals surface area (Å²) in [6.07, 6.45) is 6.35. The van der Waals surface area contributed by atoms with Crippen LogP contribution >= 0.6 is 0 Å². The molecule has 7 rings (SSSR count). The summed E-state index contributed by atoms with van der Waals surface area (Å²) in [4.78, 5) is 47.3. The Bertz CT molecular complexity index is 1670. The van der Waals surface area contributed by atoms with Gasteiger partial charge in [0.1, 0.15) is 28.9 Å². The van der Waals surface area contributed by atoms with Crippen LogP contribution in [0.15, 0.2) is 67.1 Å². The summed E-state index contributed by atoms with van der Waals surface area (Å²) in [5, 5.41) is 4.39. The van der Waals surface area contributed by atoms with Crippen molar-refractivity contribution >= 4 is 29.1 Å². The summed E-state index contributed by atoms with van der Waals surface area (Å²) < 4.78 is 9.62. The minimum atomic E-state index is -1.05. The monoisotopic (exact) mass is 538 g/mol. The molecule has 0 aliphatic carbocycles. The summed E-state index contributed by atoms with van der Waals surface area (Å²) in [7, 11) is 3.64. The van der Waals surface area contributed by atoms with Crippen molar-refractivity contribution in [3.8, 4) is 5.75 Å². The number of rotatable bonds is 1. The second-order valence-electron chi connectivity index (χ2n) is 10.9. The van der Waals surface area contributed by atoms with E-state index in [4.69, 9.17) is 4.74 Å². The summed E-state index contributed by atoms with van der Waals surface area (Å²) in [6.45, 7) is 1.29. The van der Waals surface area contributed by atoms with Gasteiger partial charge in [-0.2, -0.15) is 5.10 Å². The molecular weight excluding hydrogens is 508 g/mol. The highest BCUT2D eigenvalue weighted by molar-refractivity contribution is 6.12. The first-order valence-electron chi connectivity index (χ1n) is 13.6. The first kappa shape index (κ1) is 24.4. The van der Waals surface area contributed by atoms with Crippen LogP contribution in [0.1, 0.15) is 40.4 Å². The number of fused-ring (bicyclic) bond motifs is 7. The Kier molecular flexibility index (Phi) is 5.48. The number of carbonyl (C=O) groups excluding carboxylic acids is 3. The lowest BCUT2D eigenvalue weighted by Crippen LogP contribution is -2.48. The molecule has 1 spiro atoms. The largest absolute Gasteiger partial charge is 0.494 e. The molecule has 1 saturated heterocycles. The lowest BCUT2D eigenvalue weighted by molar-refractivity contribution is -0.131. The number of likely N-dealkylation sites (N-methyl/N-ethyl adjacent to an activating group) is 1. The number of aromatic nitrogens is 3. The van der Waals surface area contributed by atoms with Crippen LogP contribution < -0.4 is 9.64 Å². The van der Waals surface area contributed by atoms with Crippen LogP contribution in [0, 0.1) is 0 Å². The van der Waals surface area contributed by atoms with Gasteiger partial charge in [-0.15, -0.1) is 0 Å². The number of amides is 3. The molecule has 2 atom stereocenters. The molecule has 2 aromatic heterocycles. The first-order valence-corrected chi connectivity index (χ1v) is 13.6. The Labute approximate surface area is 231 Å². The lowest BCUT2D eigenvalue weighted by atomic mass is 9.72. The third-order valence-electron chi connectivity index (χ3n) is 8.65. The number of likely N-dealkylation sites (tertiary alicyclic amines) is 1. The van der Waals surface area contributed by atoms with E-state index in [2.05, 4.69) is 5.10 Å². The maximum Gasteiger partial charge on any atom is 0.259 e. The average molecular weight is 539 g/mol. The van der Waals surface area contributed by atoms with Gasteiger partial charge < -0.3 is 24.0 Å². The van der Waals surface area contributed by atoms with E-state index in [0.29, 0.717) is 49.5 Å². The third kappa shape index (κ3) is 3.41. The lowest BCUT2D eigenvalue weighted by Gasteiger charge is -2.35. The first-order chi connectivity index (χ1) is 19.4. The van der Waals surface area contributed by atoms with E-state index in [1.807, 2.05) is 72.5 Å². The summed E-state index contributed by atoms with van der Waals surface area (Å²) >= 11 is 0. The second-order valence-corrected chi connectivity index (χ2v) is 10.9. The Hall–Kier alpha value is -4.60. The van der Waals surface area contributed by atoms with Crippen LogP contribution in [0.5, 0.6) is 5.75 Å². The number of imidazole rings is 1. The molecule has 2 aromatic carbocycles. The maximum absolute atomic E-state index is 14.6. The second kappa shape index (κ2) is 8.97. The molecule has 0 N–H and O–H groups in total. The highest BCUT2D eigenvalue weighted by Gasteiger charge is 2.62. The minimum Gasteiger partial charge on any atom is -0.494 e. The van der Waals surface area contributed by atoms with E-state index in [9.17, 15) is 14.4 Å². The summed E-state index contributed by atoms with van der Waals surface area (Å²) in [5.41, 5.74) is 2.52. The van der Waals surface area contributed by atoms with Gasteiger partial charge in [0.2, 0.25) is 11.8 Å². The molecule has 40 heavy (non-hydrogen) atoms. The van der Waals surface area contributed by atoms with Gasteiger partial charge in [0, 0.05) is 45.3 Å². The van der Waals surface area contributed by atoms with E-state index in [-0.39, 0.29) is 24.3 Å². The normalized spacial score (nSPS) is 22.8. The van der Waals surface area contributed by atoms with Crippen LogP contribution in [-0.4, -0.2) is 75.0 Å². The van der Waals surface area contributed by atoms with Crippen molar-refractivity contribution in [1.29, 1.82) is 0 Å². The highest BCUT2D eigenvalue weighted by atomic mass is 16.5. The van der Waals surface area contributed by atoms with E-state index in [1.54, 1.807) is 32.5 Å². The van der Waals surface area contributed by atoms with Crippen molar-refractivity contribution in [1.82, 2.24) is 24.0 Å². The predicted octanol–water partition coefficient (Wildman–Crippen LogP) is 2.79. The van der Waals surface area contributed by atoms with Crippen LogP contribution in [0.3, 0.4) is 0 Å². The van der Waals surface area contributed by atoms with Gasteiger partial charge in [0.15, 0.2) is 0 Å². The fourth-order valence-corrected chi connectivity index (χ4v) is 6.73. The molecule has 5 heterocycles. The Morgan fingerprint density at radius 1 is 1.05 bits per heavy atom. The molecule has 10 nitrogen and oxygen atoms in total. The molecule has 3 aliphatic rings. The average Bonchev–Trinajstić information content (AvgIpc) is 3.71. The van der Waals surface area contributed by atoms with Crippen molar-refractivity contribution in [2.45, 2.75) is 24.3 Å². The zero-order chi connectivity index (χ0) is 27.6. The van der Waals surface area contributed by atoms with E-state index in [1.165, 1.54) is 0 Å². The number of anilines is 1. The zero-order valence-electron chi connectivity index (χ0n) is 22.5. The summed E-state index contributed by atoms with van der Waals surface area (Å²) in [6, 6.07) is 14.8. The van der Waals surface area contributed by atoms with Crippen LogP contribution in [-0.2, 0) is 22.1 Å². The smallest absolute Gasteiger partial charge is 0.259 e. The Balaban J connectivity index is 1.42. The number of carbonyl (C=O) groups is 3. The van der Waals surface area contributed by atoms with Crippen molar-refractivity contribution in [2.24, 2.45) is 7.05 Å². The van der Waals surface area contributed by atoms with Gasteiger partial charge >= 0.3 is 0 Å². The fourth-order valence-electron chi connectivity index (χ4n) is 6.73. The van der Waals surface area contributed by atoms with Gasteiger partial charge in [0.25, 0.3) is 5.91 Å².